The zero-order valence-corrected chi connectivity index (χ0v) is 10.1. The highest BCUT2D eigenvalue weighted by Gasteiger charge is 2.11. The number of benzene rings is 1. The quantitative estimate of drug-likeness (QED) is 0.783. The van der Waals surface area contributed by atoms with Crippen LogP contribution in [0.25, 0.3) is 0 Å². The fraction of sp³-hybridized carbons (Fsp3) is 0.300. The third-order valence-electron chi connectivity index (χ3n) is 1.67. The Labute approximate surface area is 95.2 Å². The van der Waals surface area contributed by atoms with E-state index in [1.165, 1.54) is 23.9 Å². The molecule has 0 saturated heterocycles. The number of thioether (sulfide) groups is 1. The molecule has 0 heterocycles. The predicted molar refractivity (Wildman–Crippen MR) is 61.4 cm³/mol. The number of carbonyl (C=O) groups is 1. The molecule has 0 radical (unpaired) electrons. The molecule has 1 nitrogen and oxygen atoms in total. The normalized spacial score (nSPS) is 10.2. The van der Waals surface area contributed by atoms with Crippen LogP contribution in [0.5, 0.6) is 0 Å². The third-order valence-corrected chi connectivity index (χ3v) is 3.03. The first-order chi connectivity index (χ1) is 6.65. The van der Waals surface area contributed by atoms with Crippen molar-refractivity contribution in [3.8, 4) is 0 Å². The second kappa shape index (κ2) is 5.51. The molecular weight excluding hydrogens is 267 g/mol. The van der Waals surface area contributed by atoms with Gasteiger partial charge < -0.3 is 0 Å². The molecule has 4 heteroatoms. The number of Topliss-reactive ketones (excluding diaryl/α,β-unsaturated/α-hetero) is 1. The highest BCUT2D eigenvalue weighted by molar-refractivity contribution is 9.10. The van der Waals surface area contributed by atoms with Crippen molar-refractivity contribution >= 4 is 33.5 Å². The molecule has 0 N–H and O–H groups in total. The van der Waals surface area contributed by atoms with Gasteiger partial charge in [0.1, 0.15) is 5.82 Å². The van der Waals surface area contributed by atoms with E-state index in [1.807, 2.05) is 6.92 Å². The summed E-state index contributed by atoms with van der Waals surface area (Å²) in [7, 11) is 0. The van der Waals surface area contributed by atoms with E-state index < -0.39 is 5.82 Å². The van der Waals surface area contributed by atoms with E-state index >= 15 is 0 Å². The van der Waals surface area contributed by atoms with Gasteiger partial charge in [0, 0.05) is 4.47 Å². The maximum atomic E-state index is 13.2. The largest absolute Gasteiger partial charge is 0.293 e. The summed E-state index contributed by atoms with van der Waals surface area (Å²) in [5.41, 5.74) is 0.167. The standard InChI is InChI=1S/C10H10BrFOS/c1-2-14-6-10(13)8-5-7(11)3-4-9(8)12/h3-5H,2,6H2,1H3. The Bertz CT molecular complexity index is 341. The summed E-state index contributed by atoms with van der Waals surface area (Å²) < 4.78 is 13.9. The van der Waals surface area contributed by atoms with Crippen LogP contribution in [-0.2, 0) is 0 Å². The zero-order chi connectivity index (χ0) is 10.6. The van der Waals surface area contributed by atoms with Gasteiger partial charge in [0.15, 0.2) is 5.78 Å². The number of rotatable bonds is 4. The Hall–Kier alpha value is -0.350. The highest BCUT2D eigenvalue weighted by Crippen LogP contribution is 2.17. The minimum atomic E-state index is -0.449. The molecule has 76 valence electrons. The van der Waals surface area contributed by atoms with Gasteiger partial charge in [-0.1, -0.05) is 22.9 Å². The van der Waals surface area contributed by atoms with Crippen molar-refractivity contribution in [1.82, 2.24) is 0 Å². The zero-order valence-electron chi connectivity index (χ0n) is 7.72. The van der Waals surface area contributed by atoms with Crippen LogP contribution in [-0.4, -0.2) is 17.3 Å². The molecule has 0 bridgehead atoms. The van der Waals surface area contributed by atoms with Gasteiger partial charge in [-0.15, -0.1) is 0 Å². The van der Waals surface area contributed by atoms with Crippen molar-refractivity contribution in [2.45, 2.75) is 6.92 Å². The Morgan fingerprint density at radius 1 is 1.57 bits per heavy atom. The molecule has 1 aromatic carbocycles. The number of carbonyl (C=O) groups excluding carboxylic acids is 1. The molecule has 0 spiro atoms. The van der Waals surface area contributed by atoms with E-state index in [1.54, 1.807) is 6.07 Å². The molecule has 1 aromatic rings. The molecule has 0 amide bonds. The van der Waals surface area contributed by atoms with Crippen molar-refractivity contribution in [3.05, 3.63) is 34.1 Å². The summed E-state index contributed by atoms with van der Waals surface area (Å²) in [4.78, 5) is 11.5. The van der Waals surface area contributed by atoms with Crippen molar-refractivity contribution in [3.63, 3.8) is 0 Å². The van der Waals surface area contributed by atoms with Crippen LogP contribution in [0, 0.1) is 5.82 Å². The predicted octanol–water partition coefficient (Wildman–Crippen LogP) is 3.52. The van der Waals surface area contributed by atoms with Crippen LogP contribution in [0.4, 0.5) is 4.39 Å². The number of halogens is 2. The van der Waals surface area contributed by atoms with Gasteiger partial charge >= 0.3 is 0 Å². The lowest BCUT2D eigenvalue weighted by atomic mass is 10.1. The van der Waals surface area contributed by atoms with Crippen molar-refractivity contribution < 1.29 is 9.18 Å². The van der Waals surface area contributed by atoms with E-state index in [-0.39, 0.29) is 11.3 Å². The van der Waals surface area contributed by atoms with Crippen molar-refractivity contribution in [1.29, 1.82) is 0 Å². The first-order valence-corrected chi connectivity index (χ1v) is 6.16. The van der Waals surface area contributed by atoms with E-state index in [4.69, 9.17) is 0 Å². The third kappa shape index (κ3) is 3.10. The second-order valence-corrected chi connectivity index (χ2v) is 4.87. The molecule has 1 rings (SSSR count). The van der Waals surface area contributed by atoms with E-state index in [0.717, 1.165) is 10.2 Å². The fourth-order valence-corrected chi connectivity index (χ4v) is 1.89. The first-order valence-electron chi connectivity index (χ1n) is 4.21. The van der Waals surface area contributed by atoms with Crippen LogP contribution in [0.2, 0.25) is 0 Å². The Balaban J connectivity index is 2.83. The summed E-state index contributed by atoms with van der Waals surface area (Å²) >= 11 is 4.70. The van der Waals surface area contributed by atoms with E-state index in [9.17, 15) is 9.18 Å². The molecule has 0 saturated carbocycles. The molecule has 14 heavy (non-hydrogen) atoms. The van der Waals surface area contributed by atoms with Crippen LogP contribution in [0.15, 0.2) is 22.7 Å². The van der Waals surface area contributed by atoms with Gasteiger partial charge in [-0.2, -0.15) is 11.8 Å². The van der Waals surface area contributed by atoms with Gasteiger partial charge in [0.25, 0.3) is 0 Å². The maximum absolute atomic E-state index is 13.2. The van der Waals surface area contributed by atoms with Gasteiger partial charge in [-0.3, -0.25) is 4.79 Å². The first kappa shape index (κ1) is 11.7. The lowest BCUT2D eigenvalue weighted by molar-refractivity contribution is 0.101. The Kier molecular flexibility index (Phi) is 4.62. The molecule has 0 aliphatic heterocycles. The Morgan fingerprint density at radius 3 is 2.93 bits per heavy atom. The van der Waals surface area contributed by atoms with Gasteiger partial charge in [-0.25, -0.2) is 4.39 Å². The van der Waals surface area contributed by atoms with Crippen molar-refractivity contribution in [2.24, 2.45) is 0 Å². The van der Waals surface area contributed by atoms with E-state index in [2.05, 4.69) is 15.9 Å². The van der Waals surface area contributed by atoms with Crippen LogP contribution >= 0.6 is 27.7 Å². The van der Waals surface area contributed by atoms with Crippen LogP contribution in [0.1, 0.15) is 17.3 Å². The van der Waals surface area contributed by atoms with Crippen LogP contribution < -0.4 is 0 Å². The van der Waals surface area contributed by atoms with Crippen LogP contribution in [0.3, 0.4) is 0 Å². The molecule has 0 aromatic heterocycles. The second-order valence-electron chi connectivity index (χ2n) is 2.68. The fourth-order valence-electron chi connectivity index (χ4n) is 0.984. The monoisotopic (exact) mass is 276 g/mol. The summed E-state index contributed by atoms with van der Waals surface area (Å²) in [6.07, 6.45) is 0. The minimum absolute atomic E-state index is 0.157. The number of ketones is 1. The summed E-state index contributed by atoms with van der Waals surface area (Å²) in [5.74, 6) is 0.594. The van der Waals surface area contributed by atoms with Crippen molar-refractivity contribution in [2.75, 3.05) is 11.5 Å². The van der Waals surface area contributed by atoms with Gasteiger partial charge in [0.2, 0.25) is 0 Å². The highest BCUT2D eigenvalue weighted by atomic mass is 79.9. The Morgan fingerprint density at radius 2 is 2.29 bits per heavy atom. The number of hydrogen-bond acceptors (Lipinski definition) is 2. The lowest BCUT2D eigenvalue weighted by Crippen LogP contribution is -2.05. The topological polar surface area (TPSA) is 17.1 Å². The summed E-state index contributed by atoms with van der Waals surface area (Å²) in [6.45, 7) is 1.97. The van der Waals surface area contributed by atoms with Gasteiger partial charge in [0.05, 0.1) is 11.3 Å². The molecule has 0 unspecified atom stereocenters. The molecule has 0 fully saturated rings. The average molecular weight is 277 g/mol. The maximum Gasteiger partial charge on any atom is 0.175 e. The molecule has 0 atom stereocenters. The number of hydrogen-bond donors (Lipinski definition) is 0. The SMILES string of the molecule is CCSCC(=O)c1cc(Br)ccc1F. The summed E-state index contributed by atoms with van der Waals surface area (Å²) in [6, 6.07) is 4.40. The smallest absolute Gasteiger partial charge is 0.175 e. The average Bonchev–Trinajstić information content (AvgIpc) is 2.18. The molecule has 0 aliphatic rings. The van der Waals surface area contributed by atoms with E-state index in [0.29, 0.717) is 5.75 Å². The minimum Gasteiger partial charge on any atom is -0.293 e. The molecule has 0 aliphatic carbocycles. The molecular formula is C10H10BrFOS. The van der Waals surface area contributed by atoms with Gasteiger partial charge in [-0.05, 0) is 24.0 Å². The summed E-state index contributed by atoms with van der Waals surface area (Å²) in [5, 5.41) is 0. The lowest BCUT2D eigenvalue weighted by Gasteiger charge is -2.02.